The number of fused-ring (bicyclic) bond motifs is 1. The Bertz CT molecular complexity index is 1050. The normalized spacial score (nSPS) is 15.3. The van der Waals surface area contributed by atoms with E-state index >= 15 is 0 Å². The van der Waals surface area contributed by atoms with E-state index in [0.717, 1.165) is 28.8 Å². The number of carbonyl (C=O) groups excluding carboxylic acids is 1. The van der Waals surface area contributed by atoms with Gasteiger partial charge in [-0.1, -0.05) is 42.5 Å². The molecule has 1 N–H and O–H groups in total. The molecule has 4 rings (SSSR count). The van der Waals surface area contributed by atoms with E-state index in [9.17, 15) is 4.79 Å². The highest BCUT2D eigenvalue weighted by Crippen LogP contribution is 2.41. The molecule has 5 heteroatoms. The van der Waals surface area contributed by atoms with Gasteiger partial charge in [0, 0.05) is 12.2 Å². The van der Waals surface area contributed by atoms with Gasteiger partial charge >= 0.3 is 6.03 Å². The molecule has 30 heavy (non-hydrogen) atoms. The third kappa shape index (κ3) is 3.83. The molecule has 1 aliphatic heterocycles. The van der Waals surface area contributed by atoms with Crippen molar-refractivity contribution < 1.29 is 14.3 Å². The fourth-order valence-electron chi connectivity index (χ4n) is 4.08. The van der Waals surface area contributed by atoms with E-state index < -0.39 is 0 Å². The van der Waals surface area contributed by atoms with Crippen LogP contribution in [0, 0.1) is 6.92 Å². The van der Waals surface area contributed by atoms with E-state index in [2.05, 4.69) is 17.4 Å². The highest BCUT2D eigenvalue weighted by molar-refractivity contribution is 5.90. The number of anilines is 1. The van der Waals surface area contributed by atoms with Crippen molar-refractivity contribution in [3.05, 3.63) is 89.0 Å². The monoisotopic (exact) mass is 402 g/mol. The minimum Gasteiger partial charge on any atom is -0.493 e. The summed E-state index contributed by atoms with van der Waals surface area (Å²) in [5.41, 5.74) is 5.19. The number of rotatable bonds is 4. The third-order valence-electron chi connectivity index (χ3n) is 5.52. The zero-order valence-corrected chi connectivity index (χ0v) is 17.5. The molecule has 0 saturated carbocycles. The maximum atomic E-state index is 13.3. The number of aryl methyl sites for hydroxylation is 1. The number of carbonyl (C=O) groups is 1. The second kappa shape index (κ2) is 8.49. The lowest BCUT2D eigenvalue weighted by atomic mass is 9.88. The number of hydrogen-bond donors (Lipinski definition) is 1. The Balaban J connectivity index is 1.75. The average molecular weight is 402 g/mol. The quantitative estimate of drug-likeness (QED) is 0.653. The maximum Gasteiger partial charge on any atom is 0.322 e. The molecule has 0 bridgehead atoms. The van der Waals surface area contributed by atoms with Crippen molar-refractivity contribution in [3.8, 4) is 11.5 Å². The maximum absolute atomic E-state index is 13.3. The van der Waals surface area contributed by atoms with Crippen molar-refractivity contribution in [2.75, 3.05) is 26.1 Å². The fraction of sp³-hybridized carbons (Fsp3) is 0.240. The Labute approximate surface area is 177 Å². The van der Waals surface area contributed by atoms with Crippen LogP contribution in [0.15, 0.2) is 66.7 Å². The molecule has 0 spiro atoms. The summed E-state index contributed by atoms with van der Waals surface area (Å²) in [4.78, 5) is 15.2. The third-order valence-corrected chi connectivity index (χ3v) is 5.52. The Hall–Kier alpha value is -3.47. The zero-order valence-electron chi connectivity index (χ0n) is 17.5. The molecule has 1 aliphatic rings. The van der Waals surface area contributed by atoms with Crippen molar-refractivity contribution in [3.63, 3.8) is 0 Å². The van der Waals surface area contributed by atoms with Crippen LogP contribution in [0.3, 0.4) is 0 Å². The number of nitrogens with one attached hydrogen (secondary N) is 1. The molecule has 0 saturated heterocycles. The van der Waals surface area contributed by atoms with E-state index in [1.807, 2.05) is 66.4 Å². The second-order valence-corrected chi connectivity index (χ2v) is 7.46. The number of methoxy groups -OCH3 is 2. The minimum atomic E-state index is -0.209. The Morgan fingerprint density at radius 1 is 0.967 bits per heavy atom. The summed E-state index contributed by atoms with van der Waals surface area (Å²) in [6.45, 7) is 2.62. The van der Waals surface area contributed by atoms with E-state index in [0.29, 0.717) is 18.0 Å². The summed E-state index contributed by atoms with van der Waals surface area (Å²) < 4.78 is 11.0. The second-order valence-electron chi connectivity index (χ2n) is 7.46. The Kier molecular flexibility index (Phi) is 5.61. The topological polar surface area (TPSA) is 50.8 Å². The molecule has 0 aromatic heterocycles. The van der Waals surface area contributed by atoms with Gasteiger partial charge in [-0.15, -0.1) is 0 Å². The van der Waals surface area contributed by atoms with Gasteiger partial charge in [0.1, 0.15) is 0 Å². The van der Waals surface area contributed by atoms with Crippen LogP contribution in [-0.2, 0) is 6.42 Å². The summed E-state index contributed by atoms with van der Waals surface area (Å²) in [7, 11) is 3.27. The van der Waals surface area contributed by atoms with Gasteiger partial charge in [0.15, 0.2) is 11.5 Å². The predicted octanol–water partition coefficient (Wildman–Crippen LogP) is 5.19. The van der Waals surface area contributed by atoms with Crippen molar-refractivity contribution in [1.82, 2.24) is 4.90 Å². The number of hydrogen-bond acceptors (Lipinski definition) is 3. The Morgan fingerprint density at radius 3 is 2.40 bits per heavy atom. The molecule has 0 radical (unpaired) electrons. The van der Waals surface area contributed by atoms with E-state index in [1.54, 1.807) is 14.2 Å². The van der Waals surface area contributed by atoms with Crippen LogP contribution in [0.4, 0.5) is 10.5 Å². The molecule has 3 aromatic carbocycles. The van der Waals surface area contributed by atoms with Gasteiger partial charge in [0.05, 0.1) is 20.3 Å². The van der Waals surface area contributed by atoms with Crippen LogP contribution in [0.25, 0.3) is 0 Å². The predicted molar refractivity (Wildman–Crippen MR) is 118 cm³/mol. The first-order valence-corrected chi connectivity index (χ1v) is 10.0. The molecule has 2 amide bonds. The average Bonchev–Trinajstić information content (AvgIpc) is 2.77. The van der Waals surface area contributed by atoms with Gasteiger partial charge in [-0.25, -0.2) is 4.79 Å². The lowest BCUT2D eigenvalue weighted by molar-refractivity contribution is 0.193. The van der Waals surface area contributed by atoms with Crippen LogP contribution in [0.5, 0.6) is 11.5 Å². The smallest absolute Gasteiger partial charge is 0.322 e. The number of amides is 2. The van der Waals surface area contributed by atoms with E-state index in [1.165, 1.54) is 5.56 Å². The van der Waals surface area contributed by atoms with Gasteiger partial charge < -0.3 is 19.7 Å². The molecule has 154 valence electrons. The standard InChI is InChI=1S/C25H26N2O3/c1-17-8-7-11-20(14-17)26-25(28)27-13-12-19-15-22(29-2)23(30-3)16-21(19)24(27)18-9-5-4-6-10-18/h4-11,14-16,24H,12-13H2,1-3H3,(H,26,28)/t24-/m1/s1. The molecule has 1 heterocycles. The van der Waals surface area contributed by atoms with E-state index in [-0.39, 0.29) is 12.1 Å². The summed E-state index contributed by atoms with van der Waals surface area (Å²) in [5.74, 6) is 1.37. The van der Waals surface area contributed by atoms with Gasteiger partial charge in [-0.3, -0.25) is 0 Å². The highest BCUT2D eigenvalue weighted by Gasteiger charge is 2.33. The molecule has 1 atom stereocenters. The molecular formula is C25H26N2O3. The van der Waals surface area contributed by atoms with Crippen LogP contribution in [0.2, 0.25) is 0 Å². The molecule has 0 unspecified atom stereocenters. The first-order chi connectivity index (χ1) is 14.6. The van der Waals surface area contributed by atoms with Gasteiger partial charge in [0.2, 0.25) is 0 Å². The van der Waals surface area contributed by atoms with Crippen LogP contribution in [0.1, 0.15) is 28.3 Å². The van der Waals surface area contributed by atoms with Crippen LogP contribution >= 0.6 is 0 Å². The number of urea groups is 1. The van der Waals surface area contributed by atoms with Gasteiger partial charge in [-0.05, 0) is 59.9 Å². The molecule has 0 fully saturated rings. The SMILES string of the molecule is COc1cc2c(cc1OC)[C@@H](c1ccccc1)N(C(=O)Nc1cccc(C)c1)CC2. The summed E-state index contributed by atoms with van der Waals surface area (Å²) in [5, 5.41) is 3.07. The minimum absolute atomic E-state index is 0.116. The first kappa shape index (κ1) is 19.8. The van der Waals surface area contributed by atoms with Crippen molar-refractivity contribution in [1.29, 1.82) is 0 Å². The van der Waals surface area contributed by atoms with E-state index in [4.69, 9.17) is 9.47 Å². The van der Waals surface area contributed by atoms with Crippen LogP contribution in [-0.4, -0.2) is 31.7 Å². The van der Waals surface area contributed by atoms with Gasteiger partial charge in [0.25, 0.3) is 0 Å². The summed E-state index contributed by atoms with van der Waals surface area (Å²) in [6.07, 6.45) is 0.750. The van der Waals surface area contributed by atoms with Crippen molar-refractivity contribution in [2.24, 2.45) is 0 Å². The molecular weight excluding hydrogens is 376 g/mol. The largest absolute Gasteiger partial charge is 0.493 e. The summed E-state index contributed by atoms with van der Waals surface area (Å²) >= 11 is 0. The number of nitrogens with zero attached hydrogens (tertiary/aromatic N) is 1. The van der Waals surface area contributed by atoms with Gasteiger partial charge in [-0.2, -0.15) is 0 Å². The molecule has 3 aromatic rings. The lowest BCUT2D eigenvalue weighted by Gasteiger charge is -2.38. The Morgan fingerprint density at radius 2 is 1.70 bits per heavy atom. The molecule has 0 aliphatic carbocycles. The van der Waals surface area contributed by atoms with Crippen LogP contribution < -0.4 is 14.8 Å². The van der Waals surface area contributed by atoms with Crippen molar-refractivity contribution >= 4 is 11.7 Å². The highest BCUT2D eigenvalue weighted by atomic mass is 16.5. The summed E-state index contributed by atoms with van der Waals surface area (Å²) in [6, 6.07) is 21.7. The van der Waals surface area contributed by atoms with Crippen molar-refractivity contribution in [2.45, 2.75) is 19.4 Å². The number of ether oxygens (including phenoxy) is 2. The number of benzene rings is 3. The zero-order chi connectivity index (χ0) is 21.1. The molecule has 5 nitrogen and oxygen atoms in total. The fourth-order valence-corrected chi connectivity index (χ4v) is 4.08. The lowest BCUT2D eigenvalue weighted by Crippen LogP contribution is -2.43. The first-order valence-electron chi connectivity index (χ1n) is 10.0.